The van der Waals surface area contributed by atoms with Crippen LogP contribution in [0.15, 0.2) is 29.1 Å². The fourth-order valence-electron chi connectivity index (χ4n) is 1.53. The Bertz CT molecular complexity index is 471. The van der Waals surface area contributed by atoms with Crippen LogP contribution in [0.2, 0.25) is 0 Å². The van der Waals surface area contributed by atoms with E-state index >= 15 is 0 Å². The smallest absolute Gasteiger partial charge is 0.184 e. The van der Waals surface area contributed by atoms with E-state index in [1.165, 1.54) is 0 Å². The second-order valence-corrected chi connectivity index (χ2v) is 4.14. The van der Waals surface area contributed by atoms with Gasteiger partial charge in [0.15, 0.2) is 11.5 Å². The molecule has 2 heterocycles. The minimum Gasteiger partial charge on any atom is -0.493 e. The molecule has 0 spiro atoms. The van der Waals surface area contributed by atoms with Crippen molar-refractivity contribution in [3.05, 3.63) is 34.8 Å². The summed E-state index contributed by atoms with van der Waals surface area (Å²) in [6, 6.07) is 3.81. The van der Waals surface area contributed by atoms with Crippen molar-refractivity contribution >= 4 is 17.0 Å². The SMILES string of the molecule is COc1ccnc(CNc2ccsc2)c1OC. The number of thiophene rings is 1. The molecule has 0 saturated heterocycles. The van der Waals surface area contributed by atoms with Crippen molar-refractivity contribution in [1.82, 2.24) is 4.98 Å². The lowest BCUT2D eigenvalue weighted by Gasteiger charge is -2.12. The Labute approximate surface area is 104 Å². The number of nitrogens with zero attached hydrogens (tertiary/aromatic N) is 1. The Balaban J connectivity index is 2.14. The van der Waals surface area contributed by atoms with E-state index in [4.69, 9.17) is 9.47 Å². The monoisotopic (exact) mass is 250 g/mol. The molecule has 0 unspecified atom stereocenters. The average Bonchev–Trinajstić information content (AvgIpc) is 2.88. The number of nitrogens with one attached hydrogen (secondary N) is 1. The summed E-state index contributed by atoms with van der Waals surface area (Å²) in [5.74, 6) is 1.38. The predicted octanol–water partition coefficient (Wildman–Crippen LogP) is 2.77. The first-order valence-corrected chi connectivity index (χ1v) is 6.11. The zero-order valence-corrected chi connectivity index (χ0v) is 10.6. The van der Waals surface area contributed by atoms with E-state index in [1.54, 1.807) is 37.8 Å². The van der Waals surface area contributed by atoms with Crippen LogP contribution in [0.1, 0.15) is 5.69 Å². The molecular formula is C12H14N2O2S. The maximum Gasteiger partial charge on any atom is 0.184 e. The lowest BCUT2D eigenvalue weighted by atomic mass is 10.3. The van der Waals surface area contributed by atoms with Crippen molar-refractivity contribution in [3.8, 4) is 11.5 Å². The number of anilines is 1. The van der Waals surface area contributed by atoms with Crippen LogP contribution < -0.4 is 14.8 Å². The third-order valence-electron chi connectivity index (χ3n) is 2.35. The largest absolute Gasteiger partial charge is 0.493 e. The average molecular weight is 250 g/mol. The molecule has 0 aliphatic rings. The predicted molar refractivity (Wildman–Crippen MR) is 69.0 cm³/mol. The first kappa shape index (κ1) is 11.7. The molecule has 4 nitrogen and oxygen atoms in total. The van der Waals surface area contributed by atoms with Crippen molar-refractivity contribution < 1.29 is 9.47 Å². The highest BCUT2D eigenvalue weighted by Gasteiger charge is 2.10. The summed E-state index contributed by atoms with van der Waals surface area (Å²) >= 11 is 1.65. The molecule has 0 aliphatic heterocycles. The third kappa shape index (κ3) is 2.68. The molecule has 2 aromatic rings. The van der Waals surface area contributed by atoms with Gasteiger partial charge in [-0.15, -0.1) is 0 Å². The molecule has 0 radical (unpaired) electrons. The highest BCUT2D eigenvalue weighted by atomic mass is 32.1. The summed E-state index contributed by atoms with van der Waals surface area (Å²) in [6.45, 7) is 0.608. The van der Waals surface area contributed by atoms with Crippen LogP contribution in [0, 0.1) is 0 Å². The maximum atomic E-state index is 5.31. The number of methoxy groups -OCH3 is 2. The van der Waals surface area contributed by atoms with Gasteiger partial charge in [-0.2, -0.15) is 11.3 Å². The highest BCUT2D eigenvalue weighted by molar-refractivity contribution is 7.08. The van der Waals surface area contributed by atoms with Gasteiger partial charge in [0.05, 0.1) is 20.8 Å². The van der Waals surface area contributed by atoms with E-state index in [9.17, 15) is 0 Å². The molecule has 0 amide bonds. The molecule has 2 rings (SSSR count). The minimum atomic E-state index is 0.608. The van der Waals surface area contributed by atoms with Gasteiger partial charge in [0.2, 0.25) is 0 Å². The van der Waals surface area contributed by atoms with Gasteiger partial charge in [0, 0.05) is 23.3 Å². The highest BCUT2D eigenvalue weighted by Crippen LogP contribution is 2.29. The zero-order chi connectivity index (χ0) is 12.1. The first-order chi connectivity index (χ1) is 8.35. The zero-order valence-electron chi connectivity index (χ0n) is 9.77. The Morgan fingerprint density at radius 3 is 2.82 bits per heavy atom. The summed E-state index contributed by atoms with van der Waals surface area (Å²) in [5, 5.41) is 7.35. The molecule has 0 atom stereocenters. The molecule has 0 saturated carbocycles. The molecule has 0 aromatic carbocycles. The molecule has 0 fully saturated rings. The molecule has 17 heavy (non-hydrogen) atoms. The van der Waals surface area contributed by atoms with Gasteiger partial charge in [-0.1, -0.05) is 0 Å². The lowest BCUT2D eigenvalue weighted by Crippen LogP contribution is -2.04. The molecule has 2 aromatic heterocycles. The number of aromatic nitrogens is 1. The molecule has 1 N–H and O–H groups in total. The van der Waals surface area contributed by atoms with Crippen LogP contribution in [-0.4, -0.2) is 19.2 Å². The third-order valence-corrected chi connectivity index (χ3v) is 3.03. The standard InChI is InChI=1S/C12H14N2O2S/c1-15-11-3-5-13-10(12(11)16-2)7-14-9-4-6-17-8-9/h3-6,8,14H,7H2,1-2H3. The van der Waals surface area contributed by atoms with Gasteiger partial charge >= 0.3 is 0 Å². The summed E-state index contributed by atoms with van der Waals surface area (Å²) in [7, 11) is 3.24. The van der Waals surface area contributed by atoms with Crippen LogP contribution in [0.3, 0.4) is 0 Å². The second-order valence-electron chi connectivity index (χ2n) is 3.36. The first-order valence-electron chi connectivity index (χ1n) is 5.17. The van der Waals surface area contributed by atoms with Crippen molar-refractivity contribution in [1.29, 1.82) is 0 Å². The fraction of sp³-hybridized carbons (Fsp3) is 0.250. The van der Waals surface area contributed by atoms with Gasteiger partial charge < -0.3 is 14.8 Å². The number of ether oxygens (including phenoxy) is 2. The number of rotatable bonds is 5. The summed E-state index contributed by atoms with van der Waals surface area (Å²) in [4.78, 5) is 4.29. The number of hydrogen-bond acceptors (Lipinski definition) is 5. The fourth-order valence-corrected chi connectivity index (χ4v) is 2.14. The van der Waals surface area contributed by atoms with Crippen molar-refractivity contribution in [2.24, 2.45) is 0 Å². The summed E-state index contributed by atoms with van der Waals surface area (Å²) in [6.07, 6.45) is 1.71. The lowest BCUT2D eigenvalue weighted by molar-refractivity contribution is 0.350. The van der Waals surface area contributed by atoms with Gasteiger partial charge in [-0.05, 0) is 11.4 Å². The normalized spacial score (nSPS) is 10.0. The van der Waals surface area contributed by atoms with Crippen LogP contribution in [0.25, 0.3) is 0 Å². The van der Waals surface area contributed by atoms with E-state index in [2.05, 4.69) is 10.3 Å². The second kappa shape index (κ2) is 5.54. The van der Waals surface area contributed by atoms with E-state index in [-0.39, 0.29) is 0 Å². The molecular weight excluding hydrogens is 236 g/mol. The Morgan fingerprint density at radius 2 is 2.18 bits per heavy atom. The summed E-state index contributed by atoms with van der Waals surface area (Å²) in [5.41, 5.74) is 1.92. The Kier molecular flexibility index (Phi) is 3.82. The van der Waals surface area contributed by atoms with E-state index in [0.29, 0.717) is 18.0 Å². The molecule has 5 heteroatoms. The van der Waals surface area contributed by atoms with Crippen molar-refractivity contribution in [2.45, 2.75) is 6.54 Å². The number of pyridine rings is 1. The van der Waals surface area contributed by atoms with Crippen molar-refractivity contribution in [3.63, 3.8) is 0 Å². The van der Waals surface area contributed by atoms with Gasteiger partial charge in [-0.25, -0.2) is 0 Å². The van der Waals surface area contributed by atoms with Gasteiger partial charge in [0.1, 0.15) is 5.69 Å². The topological polar surface area (TPSA) is 43.4 Å². The van der Waals surface area contributed by atoms with Crippen LogP contribution in [0.4, 0.5) is 5.69 Å². The van der Waals surface area contributed by atoms with Crippen molar-refractivity contribution in [2.75, 3.05) is 19.5 Å². The maximum absolute atomic E-state index is 5.31. The molecule has 0 bridgehead atoms. The van der Waals surface area contributed by atoms with Crippen LogP contribution >= 0.6 is 11.3 Å². The molecule has 90 valence electrons. The van der Waals surface area contributed by atoms with Crippen LogP contribution in [0.5, 0.6) is 11.5 Å². The van der Waals surface area contributed by atoms with Gasteiger partial charge in [0.25, 0.3) is 0 Å². The number of hydrogen-bond donors (Lipinski definition) is 1. The van der Waals surface area contributed by atoms with E-state index in [0.717, 1.165) is 11.4 Å². The van der Waals surface area contributed by atoms with E-state index < -0.39 is 0 Å². The summed E-state index contributed by atoms with van der Waals surface area (Å²) < 4.78 is 10.5. The van der Waals surface area contributed by atoms with E-state index in [1.807, 2.05) is 16.8 Å². The Morgan fingerprint density at radius 1 is 1.29 bits per heavy atom. The molecule has 0 aliphatic carbocycles. The van der Waals surface area contributed by atoms with Crippen LogP contribution in [-0.2, 0) is 6.54 Å². The quantitative estimate of drug-likeness (QED) is 0.886. The Hall–Kier alpha value is -1.75. The van der Waals surface area contributed by atoms with Gasteiger partial charge in [-0.3, -0.25) is 4.98 Å². The minimum absolute atomic E-state index is 0.608.